The van der Waals surface area contributed by atoms with Crippen LogP contribution in [0.3, 0.4) is 0 Å². The third-order valence-electron chi connectivity index (χ3n) is 3.50. The number of likely N-dealkylation sites (tertiary alicyclic amines) is 1. The highest BCUT2D eigenvalue weighted by atomic mass is 19.1. The Bertz CT molecular complexity index is 157. The number of piperidine rings is 1. The van der Waals surface area contributed by atoms with Gasteiger partial charge in [-0.25, -0.2) is 4.39 Å². The van der Waals surface area contributed by atoms with Crippen LogP contribution in [0.5, 0.6) is 0 Å². The van der Waals surface area contributed by atoms with E-state index >= 15 is 0 Å². The molecule has 1 nitrogen and oxygen atoms in total. The van der Waals surface area contributed by atoms with Gasteiger partial charge < -0.3 is 4.90 Å². The summed E-state index contributed by atoms with van der Waals surface area (Å²) < 4.78 is 12.8. The number of hydrogen-bond acceptors (Lipinski definition) is 1. The predicted molar refractivity (Wildman–Crippen MR) is 52.5 cm³/mol. The molecule has 0 N–H and O–H groups in total. The van der Waals surface area contributed by atoms with Crippen molar-refractivity contribution in [3.8, 4) is 0 Å². The van der Waals surface area contributed by atoms with Crippen LogP contribution in [0.15, 0.2) is 0 Å². The fourth-order valence-electron chi connectivity index (χ4n) is 2.67. The summed E-state index contributed by atoms with van der Waals surface area (Å²) in [5.41, 5.74) is 0. The first-order valence-corrected chi connectivity index (χ1v) is 5.60. The molecule has 0 aromatic heterocycles. The summed E-state index contributed by atoms with van der Waals surface area (Å²) >= 11 is 0. The number of hydrogen-bond donors (Lipinski definition) is 0. The Morgan fingerprint density at radius 2 is 1.85 bits per heavy atom. The first kappa shape index (κ1) is 9.45. The molecule has 1 aliphatic heterocycles. The van der Waals surface area contributed by atoms with Crippen molar-refractivity contribution in [2.75, 3.05) is 19.6 Å². The normalized spacial score (nSPS) is 37.4. The fraction of sp³-hybridized carbons (Fsp3) is 1.00. The lowest BCUT2D eigenvalue weighted by Crippen LogP contribution is -2.40. The quantitative estimate of drug-likeness (QED) is 0.639. The lowest BCUT2D eigenvalue weighted by molar-refractivity contribution is 0.0932. The van der Waals surface area contributed by atoms with Crippen molar-refractivity contribution < 1.29 is 4.39 Å². The summed E-state index contributed by atoms with van der Waals surface area (Å²) in [5, 5.41) is 0. The van der Waals surface area contributed by atoms with E-state index in [9.17, 15) is 4.39 Å². The maximum absolute atomic E-state index is 12.8. The van der Waals surface area contributed by atoms with E-state index in [2.05, 4.69) is 11.8 Å². The first-order valence-electron chi connectivity index (χ1n) is 5.60. The molecule has 1 saturated heterocycles. The Balaban J connectivity index is 1.65. The van der Waals surface area contributed by atoms with Crippen LogP contribution in [0.1, 0.15) is 32.6 Å². The van der Waals surface area contributed by atoms with Gasteiger partial charge in [-0.1, -0.05) is 6.92 Å². The van der Waals surface area contributed by atoms with Gasteiger partial charge in [-0.05, 0) is 37.5 Å². The van der Waals surface area contributed by atoms with Crippen LogP contribution in [0.4, 0.5) is 4.39 Å². The van der Waals surface area contributed by atoms with Crippen LogP contribution in [-0.4, -0.2) is 30.7 Å². The van der Waals surface area contributed by atoms with E-state index < -0.39 is 6.17 Å². The summed E-state index contributed by atoms with van der Waals surface area (Å²) in [6.45, 7) is 5.54. The van der Waals surface area contributed by atoms with Crippen molar-refractivity contribution in [1.29, 1.82) is 0 Å². The standard InChI is InChI=1S/C11H20FN/c1-9-6-10(7-9)8-13-4-2-11(12)3-5-13/h9-11H,2-8H2,1H3. The van der Waals surface area contributed by atoms with E-state index in [-0.39, 0.29) is 0 Å². The van der Waals surface area contributed by atoms with E-state index in [1.54, 1.807) is 0 Å². The number of alkyl halides is 1. The molecule has 76 valence electrons. The SMILES string of the molecule is CC1CC(CN2CCC(F)CC2)C1. The minimum atomic E-state index is -0.517. The second kappa shape index (κ2) is 3.95. The Morgan fingerprint density at radius 3 is 2.38 bits per heavy atom. The van der Waals surface area contributed by atoms with E-state index in [0.29, 0.717) is 0 Å². The van der Waals surface area contributed by atoms with E-state index in [4.69, 9.17) is 0 Å². The Kier molecular flexibility index (Phi) is 2.87. The van der Waals surface area contributed by atoms with Gasteiger partial charge in [0.25, 0.3) is 0 Å². The third kappa shape index (κ3) is 2.43. The molecule has 0 atom stereocenters. The van der Waals surface area contributed by atoms with Gasteiger partial charge in [0.2, 0.25) is 0 Å². The number of halogens is 1. The summed E-state index contributed by atoms with van der Waals surface area (Å²) in [5.74, 6) is 1.87. The maximum atomic E-state index is 12.8. The third-order valence-corrected chi connectivity index (χ3v) is 3.50. The molecule has 13 heavy (non-hydrogen) atoms. The van der Waals surface area contributed by atoms with Crippen LogP contribution in [0.25, 0.3) is 0 Å². The second-order valence-electron chi connectivity index (χ2n) is 4.92. The number of nitrogens with zero attached hydrogens (tertiary/aromatic N) is 1. The Labute approximate surface area is 80.3 Å². The van der Waals surface area contributed by atoms with Crippen LogP contribution in [0, 0.1) is 11.8 Å². The summed E-state index contributed by atoms with van der Waals surface area (Å²) in [7, 11) is 0. The average molecular weight is 185 g/mol. The summed E-state index contributed by atoms with van der Waals surface area (Å²) in [6, 6.07) is 0. The molecule has 0 unspecified atom stereocenters. The van der Waals surface area contributed by atoms with Crippen molar-refractivity contribution >= 4 is 0 Å². The molecule has 1 heterocycles. The van der Waals surface area contributed by atoms with E-state index in [1.807, 2.05) is 0 Å². The van der Waals surface area contributed by atoms with Gasteiger partial charge >= 0.3 is 0 Å². The lowest BCUT2D eigenvalue weighted by atomic mass is 9.76. The molecule has 0 radical (unpaired) electrons. The topological polar surface area (TPSA) is 3.24 Å². The molecule has 1 aliphatic carbocycles. The second-order valence-corrected chi connectivity index (χ2v) is 4.92. The van der Waals surface area contributed by atoms with Crippen molar-refractivity contribution in [1.82, 2.24) is 4.90 Å². The molecule has 0 bridgehead atoms. The zero-order valence-corrected chi connectivity index (χ0v) is 8.51. The van der Waals surface area contributed by atoms with E-state index in [1.165, 1.54) is 19.4 Å². The lowest BCUT2D eigenvalue weighted by Gasteiger charge is -2.38. The summed E-state index contributed by atoms with van der Waals surface area (Å²) in [6.07, 6.45) is 3.81. The molecule has 2 heteroatoms. The molecule has 0 aromatic rings. The molecule has 2 aliphatic rings. The molecule has 1 saturated carbocycles. The minimum Gasteiger partial charge on any atom is -0.303 e. The van der Waals surface area contributed by atoms with Gasteiger partial charge in [0.15, 0.2) is 0 Å². The van der Waals surface area contributed by atoms with Crippen LogP contribution >= 0.6 is 0 Å². The smallest absolute Gasteiger partial charge is 0.103 e. The molecule has 0 spiro atoms. The zero-order valence-electron chi connectivity index (χ0n) is 8.51. The minimum absolute atomic E-state index is 0.517. The molecule has 0 aromatic carbocycles. The van der Waals surface area contributed by atoms with Crippen molar-refractivity contribution in [2.24, 2.45) is 11.8 Å². The highest BCUT2D eigenvalue weighted by Gasteiger charge is 2.28. The monoisotopic (exact) mass is 185 g/mol. The summed E-state index contributed by atoms with van der Waals surface area (Å²) in [4.78, 5) is 2.45. The molecular weight excluding hydrogens is 165 g/mol. The maximum Gasteiger partial charge on any atom is 0.103 e. The number of rotatable bonds is 2. The van der Waals surface area contributed by atoms with Crippen molar-refractivity contribution in [3.63, 3.8) is 0 Å². The zero-order chi connectivity index (χ0) is 9.26. The van der Waals surface area contributed by atoms with Gasteiger partial charge in [-0.2, -0.15) is 0 Å². The van der Waals surface area contributed by atoms with Gasteiger partial charge in [-0.3, -0.25) is 0 Å². The highest BCUT2D eigenvalue weighted by Crippen LogP contribution is 2.34. The van der Waals surface area contributed by atoms with Crippen molar-refractivity contribution in [2.45, 2.75) is 38.8 Å². The van der Waals surface area contributed by atoms with E-state index in [0.717, 1.165) is 37.8 Å². The molecule has 2 fully saturated rings. The van der Waals surface area contributed by atoms with Gasteiger partial charge in [0, 0.05) is 19.6 Å². The largest absolute Gasteiger partial charge is 0.303 e. The first-order chi connectivity index (χ1) is 6.24. The van der Waals surface area contributed by atoms with Crippen LogP contribution < -0.4 is 0 Å². The highest BCUT2D eigenvalue weighted by molar-refractivity contribution is 4.81. The van der Waals surface area contributed by atoms with Crippen molar-refractivity contribution in [3.05, 3.63) is 0 Å². The Hall–Kier alpha value is -0.110. The van der Waals surface area contributed by atoms with Crippen LogP contribution in [0.2, 0.25) is 0 Å². The Morgan fingerprint density at radius 1 is 1.23 bits per heavy atom. The van der Waals surface area contributed by atoms with Gasteiger partial charge in [0.05, 0.1) is 0 Å². The van der Waals surface area contributed by atoms with Crippen LogP contribution in [-0.2, 0) is 0 Å². The average Bonchev–Trinajstić information content (AvgIpc) is 2.06. The molecular formula is C11H20FN. The van der Waals surface area contributed by atoms with Gasteiger partial charge in [-0.15, -0.1) is 0 Å². The molecule has 2 rings (SSSR count). The van der Waals surface area contributed by atoms with Gasteiger partial charge in [0.1, 0.15) is 6.17 Å². The molecule has 0 amide bonds. The predicted octanol–water partition coefficient (Wildman–Crippen LogP) is 2.47. The fourth-order valence-corrected chi connectivity index (χ4v) is 2.67.